The summed E-state index contributed by atoms with van der Waals surface area (Å²) in [5.41, 5.74) is 10.6. The Bertz CT molecular complexity index is 1380. The van der Waals surface area contributed by atoms with Gasteiger partial charge < -0.3 is 15.6 Å². The minimum atomic E-state index is -0.264. The van der Waals surface area contributed by atoms with Crippen LogP contribution in [-0.4, -0.2) is 19.5 Å². The summed E-state index contributed by atoms with van der Waals surface area (Å²) in [7, 11) is 0. The second-order valence-electron chi connectivity index (χ2n) is 7.86. The van der Waals surface area contributed by atoms with Gasteiger partial charge in [-0.25, -0.2) is 19.3 Å². The van der Waals surface area contributed by atoms with Crippen molar-refractivity contribution in [1.82, 2.24) is 19.5 Å². The van der Waals surface area contributed by atoms with Gasteiger partial charge in [0.2, 0.25) is 0 Å². The second kappa shape index (κ2) is 9.10. The number of fused-ring (bicyclic) bond motifs is 1. The Morgan fingerprint density at radius 2 is 1.45 bits per heavy atom. The van der Waals surface area contributed by atoms with E-state index in [1.807, 2.05) is 60.7 Å². The third-order valence-electron chi connectivity index (χ3n) is 5.59. The molecule has 0 saturated heterocycles. The number of nitrogens with one attached hydrogen (secondary N) is 1. The summed E-state index contributed by atoms with van der Waals surface area (Å²) in [5, 5.41) is 0. The normalized spacial score (nSPS) is 11.1. The number of aromatic amines is 1. The first-order chi connectivity index (χ1) is 16.2. The van der Waals surface area contributed by atoms with Crippen molar-refractivity contribution in [1.29, 1.82) is 0 Å². The molecule has 0 aliphatic heterocycles. The van der Waals surface area contributed by atoms with Crippen molar-refractivity contribution in [2.75, 3.05) is 4.90 Å². The Labute approximate surface area is 191 Å². The first kappa shape index (κ1) is 20.7. The van der Waals surface area contributed by atoms with E-state index >= 15 is 0 Å². The van der Waals surface area contributed by atoms with E-state index in [1.165, 1.54) is 6.33 Å². The molecular formula is C26H24N6O. The molecule has 0 fully saturated rings. The van der Waals surface area contributed by atoms with Crippen LogP contribution in [0.5, 0.6) is 0 Å². The summed E-state index contributed by atoms with van der Waals surface area (Å²) in [6.07, 6.45) is 1.51. The lowest BCUT2D eigenvalue weighted by Gasteiger charge is -2.24. The van der Waals surface area contributed by atoms with E-state index in [9.17, 15) is 4.79 Å². The van der Waals surface area contributed by atoms with Crippen LogP contribution in [0.2, 0.25) is 0 Å². The van der Waals surface area contributed by atoms with Crippen molar-refractivity contribution >= 4 is 17.0 Å². The topological polar surface area (TPSA) is 92.8 Å². The van der Waals surface area contributed by atoms with E-state index in [1.54, 1.807) is 4.57 Å². The number of benzene rings is 3. The number of hydrogen-bond donors (Lipinski definition) is 2. The van der Waals surface area contributed by atoms with Gasteiger partial charge >= 0.3 is 5.69 Å². The van der Waals surface area contributed by atoms with E-state index < -0.39 is 0 Å². The Morgan fingerprint density at radius 1 is 0.818 bits per heavy atom. The molecule has 33 heavy (non-hydrogen) atoms. The average molecular weight is 437 g/mol. The number of aromatic nitrogens is 4. The van der Waals surface area contributed by atoms with E-state index in [-0.39, 0.29) is 5.69 Å². The van der Waals surface area contributed by atoms with E-state index in [0.29, 0.717) is 36.6 Å². The molecule has 0 amide bonds. The van der Waals surface area contributed by atoms with Gasteiger partial charge in [-0.3, -0.25) is 0 Å². The summed E-state index contributed by atoms with van der Waals surface area (Å²) < 4.78 is 1.57. The third kappa shape index (κ3) is 4.26. The van der Waals surface area contributed by atoms with Gasteiger partial charge in [0.1, 0.15) is 11.8 Å². The summed E-state index contributed by atoms with van der Waals surface area (Å²) in [4.78, 5) is 27.2. The van der Waals surface area contributed by atoms with Gasteiger partial charge in [0.05, 0.1) is 5.69 Å². The number of hydrogen-bond acceptors (Lipinski definition) is 5. The molecule has 3 aromatic carbocycles. The number of anilines is 1. The molecule has 0 spiro atoms. The molecule has 0 aliphatic carbocycles. The van der Waals surface area contributed by atoms with Crippen molar-refractivity contribution in [2.45, 2.75) is 19.6 Å². The Balaban J connectivity index is 1.63. The number of H-pyrrole nitrogens is 1. The van der Waals surface area contributed by atoms with Gasteiger partial charge in [-0.15, -0.1) is 0 Å². The van der Waals surface area contributed by atoms with Crippen LogP contribution in [0.1, 0.15) is 16.7 Å². The molecule has 0 radical (unpaired) electrons. The molecular weight excluding hydrogens is 412 g/mol. The molecule has 0 saturated carbocycles. The van der Waals surface area contributed by atoms with Crippen LogP contribution in [0.4, 0.5) is 5.82 Å². The molecule has 7 nitrogen and oxygen atoms in total. The number of nitrogens with zero attached hydrogens (tertiary/aromatic N) is 4. The van der Waals surface area contributed by atoms with Gasteiger partial charge in [0, 0.05) is 19.6 Å². The zero-order valence-corrected chi connectivity index (χ0v) is 18.1. The van der Waals surface area contributed by atoms with Gasteiger partial charge in [-0.2, -0.15) is 0 Å². The monoisotopic (exact) mass is 436 g/mol. The highest BCUT2D eigenvalue weighted by molar-refractivity contribution is 5.84. The van der Waals surface area contributed by atoms with Crippen molar-refractivity contribution < 1.29 is 0 Å². The zero-order chi connectivity index (χ0) is 22.6. The van der Waals surface area contributed by atoms with Gasteiger partial charge in [-0.1, -0.05) is 72.8 Å². The maximum absolute atomic E-state index is 13.0. The Morgan fingerprint density at radius 3 is 2.09 bits per heavy atom. The Kier molecular flexibility index (Phi) is 5.70. The third-order valence-corrected chi connectivity index (χ3v) is 5.59. The summed E-state index contributed by atoms with van der Waals surface area (Å²) in [6.45, 7) is 1.67. The van der Waals surface area contributed by atoms with Crippen LogP contribution in [0.15, 0.2) is 96.1 Å². The van der Waals surface area contributed by atoms with Gasteiger partial charge in [0.15, 0.2) is 11.5 Å². The van der Waals surface area contributed by atoms with Crippen LogP contribution < -0.4 is 16.3 Å². The SMILES string of the molecule is NCc1cccc(-n2c(=O)[nH]c3c(N(Cc4ccccc4)Cc4ccccc4)ncnc32)c1. The zero-order valence-electron chi connectivity index (χ0n) is 18.1. The minimum Gasteiger partial charge on any atom is -0.346 e. The van der Waals surface area contributed by atoms with Crippen molar-refractivity contribution in [3.8, 4) is 5.69 Å². The van der Waals surface area contributed by atoms with E-state index in [0.717, 1.165) is 22.4 Å². The highest BCUT2D eigenvalue weighted by atomic mass is 16.1. The minimum absolute atomic E-state index is 0.264. The van der Waals surface area contributed by atoms with Gasteiger partial charge in [-0.05, 0) is 28.8 Å². The molecule has 5 rings (SSSR count). The number of rotatable bonds is 7. The summed E-state index contributed by atoms with van der Waals surface area (Å²) in [5.74, 6) is 0.679. The van der Waals surface area contributed by atoms with Crippen LogP contribution in [0.3, 0.4) is 0 Å². The first-order valence-electron chi connectivity index (χ1n) is 10.8. The highest BCUT2D eigenvalue weighted by Crippen LogP contribution is 2.25. The smallest absolute Gasteiger partial charge is 0.332 e. The molecule has 0 unspecified atom stereocenters. The first-order valence-corrected chi connectivity index (χ1v) is 10.8. The molecule has 7 heteroatoms. The quantitative estimate of drug-likeness (QED) is 0.405. The second-order valence-corrected chi connectivity index (χ2v) is 7.86. The summed E-state index contributed by atoms with van der Waals surface area (Å²) in [6, 6.07) is 28.0. The highest BCUT2D eigenvalue weighted by Gasteiger charge is 2.19. The molecule has 0 atom stereocenters. The fourth-order valence-corrected chi connectivity index (χ4v) is 4.02. The van der Waals surface area contributed by atoms with Crippen LogP contribution in [0, 0.1) is 0 Å². The Hall–Kier alpha value is -4.23. The predicted molar refractivity (Wildman–Crippen MR) is 130 cm³/mol. The lowest BCUT2D eigenvalue weighted by Crippen LogP contribution is -2.23. The molecule has 5 aromatic rings. The molecule has 2 heterocycles. The molecule has 2 aromatic heterocycles. The fraction of sp³-hybridized carbons (Fsp3) is 0.115. The lowest BCUT2D eigenvalue weighted by molar-refractivity contribution is 0.785. The number of imidazole rings is 1. The standard InChI is InChI=1S/C26H24N6O/c27-15-21-12-7-13-22(14-21)32-25-23(30-26(32)33)24(28-18-29-25)31(16-19-8-3-1-4-9-19)17-20-10-5-2-6-11-20/h1-14,18H,15-17,27H2,(H,30,33). The van der Waals surface area contributed by atoms with Crippen LogP contribution in [-0.2, 0) is 19.6 Å². The van der Waals surface area contributed by atoms with E-state index in [4.69, 9.17) is 5.73 Å². The fourth-order valence-electron chi connectivity index (χ4n) is 4.02. The average Bonchev–Trinajstić information content (AvgIpc) is 3.21. The molecule has 0 bridgehead atoms. The van der Waals surface area contributed by atoms with Crippen molar-refractivity contribution in [3.63, 3.8) is 0 Å². The molecule has 164 valence electrons. The molecule has 0 aliphatic rings. The lowest BCUT2D eigenvalue weighted by atomic mass is 10.1. The van der Waals surface area contributed by atoms with Crippen LogP contribution >= 0.6 is 0 Å². The largest absolute Gasteiger partial charge is 0.346 e. The van der Waals surface area contributed by atoms with Crippen LogP contribution in [0.25, 0.3) is 16.9 Å². The maximum Gasteiger partial charge on any atom is 0.332 e. The predicted octanol–water partition coefficient (Wildman–Crippen LogP) is 3.77. The summed E-state index contributed by atoms with van der Waals surface area (Å²) >= 11 is 0. The molecule has 3 N–H and O–H groups in total. The number of nitrogens with two attached hydrogens (primary N) is 1. The van der Waals surface area contributed by atoms with Crippen molar-refractivity contribution in [3.05, 3.63) is 118 Å². The van der Waals surface area contributed by atoms with Crippen molar-refractivity contribution in [2.24, 2.45) is 5.73 Å². The van der Waals surface area contributed by atoms with E-state index in [2.05, 4.69) is 44.1 Å². The maximum atomic E-state index is 13.0. The van der Waals surface area contributed by atoms with Gasteiger partial charge in [0.25, 0.3) is 0 Å².